The third kappa shape index (κ3) is 5.53. The number of benzene rings is 2. The van der Waals surface area contributed by atoms with Crippen LogP contribution < -0.4 is 20.1 Å². The summed E-state index contributed by atoms with van der Waals surface area (Å²) < 4.78 is 10.5. The van der Waals surface area contributed by atoms with Gasteiger partial charge in [0, 0.05) is 5.69 Å². The number of hydrogen-bond donors (Lipinski definition) is 2. The fourth-order valence-electron chi connectivity index (χ4n) is 2.14. The summed E-state index contributed by atoms with van der Waals surface area (Å²) in [7, 11) is 1.59. The van der Waals surface area contributed by atoms with Gasteiger partial charge in [-0.3, -0.25) is 9.59 Å². The topological polar surface area (TPSA) is 76.7 Å². The van der Waals surface area contributed by atoms with E-state index in [0.717, 1.165) is 16.9 Å². The number of methoxy groups -OCH3 is 1. The third-order valence-electron chi connectivity index (χ3n) is 3.56. The lowest BCUT2D eigenvalue weighted by Gasteiger charge is -2.10. The standard InChI is InChI=1S/C19H22N2O4/c1-13-4-5-14(2)17(12-13)21-19(23)18(22)20-10-11-25-16-8-6-15(24-3)7-9-16/h4-9,12H,10-11H2,1-3H3,(H,20,22)(H,21,23). The molecule has 25 heavy (non-hydrogen) atoms. The van der Waals surface area contributed by atoms with Gasteiger partial charge in [0.05, 0.1) is 13.7 Å². The Morgan fingerprint density at radius 2 is 1.64 bits per heavy atom. The van der Waals surface area contributed by atoms with Gasteiger partial charge < -0.3 is 20.1 Å². The highest BCUT2D eigenvalue weighted by molar-refractivity contribution is 6.39. The van der Waals surface area contributed by atoms with E-state index in [2.05, 4.69) is 10.6 Å². The Hall–Kier alpha value is -3.02. The van der Waals surface area contributed by atoms with Gasteiger partial charge in [-0.2, -0.15) is 0 Å². The van der Waals surface area contributed by atoms with Crippen molar-refractivity contribution in [3.05, 3.63) is 53.6 Å². The van der Waals surface area contributed by atoms with Crippen molar-refractivity contribution in [2.24, 2.45) is 0 Å². The first-order valence-corrected chi connectivity index (χ1v) is 7.93. The summed E-state index contributed by atoms with van der Waals surface area (Å²) in [6.07, 6.45) is 0. The van der Waals surface area contributed by atoms with Crippen LogP contribution in [0.2, 0.25) is 0 Å². The molecule has 0 spiro atoms. The molecule has 0 aliphatic heterocycles. The molecule has 0 saturated heterocycles. The van der Waals surface area contributed by atoms with Gasteiger partial charge in [0.1, 0.15) is 18.1 Å². The van der Waals surface area contributed by atoms with Crippen molar-refractivity contribution in [2.45, 2.75) is 13.8 Å². The molecule has 0 atom stereocenters. The number of hydrogen-bond acceptors (Lipinski definition) is 4. The van der Waals surface area contributed by atoms with E-state index in [9.17, 15) is 9.59 Å². The molecule has 132 valence electrons. The molecule has 0 unspecified atom stereocenters. The first-order valence-electron chi connectivity index (χ1n) is 7.93. The minimum atomic E-state index is -0.696. The lowest BCUT2D eigenvalue weighted by atomic mass is 10.1. The van der Waals surface area contributed by atoms with Gasteiger partial charge in [-0.15, -0.1) is 0 Å². The van der Waals surface area contributed by atoms with Crippen LogP contribution in [0.5, 0.6) is 11.5 Å². The zero-order valence-electron chi connectivity index (χ0n) is 14.6. The SMILES string of the molecule is COc1ccc(OCCNC(=O)C(=O)Nc2cc(C)ccc2C)cc1. The van der Waals surface area contributed by atoms with E-state index in [-0.39, 0.29) is 13.2 Å². The second-order valence-corrected chi connectivity index (χ2v) is 5.55. The Kier molecular flexibility index (Phi) is 6.39. The summed E-state index contributed by atoms with van der Waals surface area (Å²) in [5.41, 5.74) is 2.54. The fraction of sp³-hybridized carbons (Fsp3) is 0.263. The molecule has 0 bridgehead atoms. The normalized spacial score (nSPS) is 10.0. The summed E-state index contributed by atoms with van der Waals surface area (Å²) in [6, 6.07) is 12.8. The van der Waals surface area contributed by atoms with E-state index >= 15 is 0 Å². The molecule has 0 aliphatic rings. The lowest BCUT2D eigenvalue weighted by molar-refractivity contribution is -0.136. The number of ether oxygens (including phenoxy) is 2. The summed E-state index contributed by atoms with van der Waals surface area (Å²) in [4.78, 5) is 23.8. The predicted molar refractivity (Wildman–Crippen MR) is 96.0 cm³/mol. The highest BCUT2D eigenvalue weighted by atomic mass is 16.5. The van der Waals surface area contributed by atoms with Crippen LogP contribution in [-0.2, 0) is 9.59 Å². The number of carbonyl (C=O) groups excluding carboxylic acids is 2. The van der Waals surface area contributed by atoms with Crippen molar-refractivity contribution in [3.63, 3.8) is 0 Å². The molecular weight excluding hydrogens is 320 g/mol. The number of aryl methyl sites for hydroxylation is 2. The Bertz CT molecular complexity index is 742. The first kappa shape index (κ1) is 18.3. The summed E-state index contributed by atoms with van der Waals surface area (Å²) in [6.45, 7) is 4.28. The van der Waals surface area contributed by atoms with E-state index in [1.807, 2.05) is 32.0 Å². The Morgan fingerprint density at radius 1 is 0.960 bits per heavy atom. The fourth-order valence-corrected chi connectivity index (χ4v) is 2.14. The Morgan fingerprint density at radius 3 is 2.32 bits per heavy atom. The molecule has 6 heteroatoms. The summed E-state index contributed by atoms with van der Waals surface area (Å²) >= 11 is 0. The molecule has 2 amide bonds. The average Bonchev–Trinajstić information content (AvgIpc) is 2.62. The number of anilines is 1. The second kappa shape index (κ2) is 8.73. The molecule has 0 aromatic heterocycles. The third-order valence-corrected chi connectivity index (χ3v) is 3.56. The Labute approximate surface area is 147 Å². The van der Waals surface area contributed by atoms with Gasteiger partial charge in [0.15, 0.2) is 0 Å². The molecule has 0 aliphatic carbocycles. The van der Waals surface area contributed by atoms with Crippen molar-refractivity contribution in [1.29, 1.82) is 0 Å². The van der Waals surface area contributed by atoms with Crippen molar-refractivity contribution in [2.75, 3.05) is 25.6 Å². The highest BCUT2D eigenvalue weighted by Crippen LogP contribution is 2.17. The van der Waals surface area contributed by atoms with Gasteiger partial charge in [0.25, 0.3) is 0 Å². The van der Waals surface area contributed by atoms with Crippen LogP contribution in [0, 0.1) is 13.8 Å². The highest BCUT2D eigenvalue weighted by Gasteiger charge is 2.14. The average molecular weight is 342 g/mol. The van der Waals surface area contributed by atoms with E-state index in [1.54, 1.807) is 31.4 Å². The predicted octanol–water partition coefficient (Wildman–Crippen LogP) is 2.45. The molecule has 2 rings (SSSR count). The molecule has 0 radical (unpaired) electrons. The molecule has 2 aromatic rings. The van der Waals surface area contributed by atoms with E-state index in [0.29, 0.717) is 11.4 Å². The van der Waals surface area contributed by atoms with Crippen LogP contribution in [0.25, 0.3) is 0 Å². The molecule has 2 N–H and O–H groups in total. The number of amides is 2. The Balaban J connectivity index is 1.75. The molecule has 6 nitrogen and oxygen atoms in total. The summed E-state index contributed by atoms with van der Waals surface area (Å²) in [5, 5.41) is 5.15. The van der Waals surface area contributed by atoms with Crippen molar-refractivity contribution in [3.8, 4) is 11.5 Å². The van der Waals surface area contributed by atoms with Crippen LogP contribution in [0.15, 0.2) is 42.5 Å². The van der Waals surface area contributed by atoms with Crippen LogP contribution in [0.4, 0.5) is 5.69 Å². The van der Waals surface area contributed by atoms with Crippen molar-refractivity contribution < 1.29 is 19.1 Å². The summed E-state index contributed by atoms with van der Waals surface area (Å²) in [5.74, 6) is 0.0102. The second-order valence-electron chi connectivity index (χ2n) is 5.55. The molecule has 0 saturated carbocycles. The smallest absolute Gasteiger partial charge is 0.313 e. The monoisotopic (exact) mass is 342 g/mol. The molecule has 2 aromatic carbocycles. The van der Waals surface area contributed by atoms with E-state index in [4.69, 9.17) is 9.47 Å². The van der Waals surface area contributed by atoms with Crippen LogP contribution in [0.1, 0.15) is 11.1 Å². The minimum Gasteiger partial charge on any atom is -0.497 e. The van der Waals surface area contributed by atoms with Gasteiger partial charge in [-0.05, 0) is 55.3 Å². The van der Waals surface area contributed by atoms with Crippen LogP contribution in [0.3, 0.4) is 0 Å². The quantitative estimate of drug-likeness (QED) is 0.624. The van der Waals surface area contributed by atoms with E-state index < -0.39 is 11.8 Å². The van der Waals surface area contributed by atoms with Crippen LogP contribution >= 0.6 is 0 Å². The maximum absolute atomic E-state index is 11.9. The molecule has 0 heterocycles. The van der Waals surface area contributed by atoms with Crippen molar-refractivity contribution >= 4 is 17.5 Å². The first-order chi connectivity index (χ1) is 12.0. The zero-order chi connectivity index (χ0) is 18.2. The van der Waals surface area contributed by atoms with Crippen LogP contribution in [-0.4, -0.2) is 32.1 Å². The maximum Gasteiger partial charge on any atom is 0.313 e. The zero-order valence-corrected chi connectivity index (χ0v) is 14.6. The largest absolute Gasteiger partial charge is 0.497 e. The van der Waals surface area contributed by atoms with E-state index in [1.165, 1.54) is 0 Å². The molecular formula is C19H22N2O4. The van der Waals surface area contributed by atoms with Gasteiger partial charge in [-0.1, -0.05) is 12.1 Å². The van der Waals surface area contributed by atoms with Crippen molar-refractivity contribution in [1.82, 2.24) is 5.32 Å². The lowest BCUT2D eigenvalue weighted by Crippen LogP contribution is -2.37. The number of rotatable bonds is 6. The number of nitrogens with one attached hydrogen (secondary N) is 2. The maximum atomic E-state index is 11.9. The van der Waals surface area contributed by atoms with Gasteiger partial charge in [0.2, 0.25) is 0 Å². The van der Waals surface area contributed by atoms with Gasteiger partial charge >= 0.3 is 11.8 Å². The minimum absolute atomic E-state index is 0.227. The number of carbonyl (C=O) groups is 2. The van der Waals surface area contributed by atoms with Gasteiger partial charge in [-0.25, -0.2) is 0 Å². The molecule has 0 fully saturated rings.